The number of imidazole rings is 1. The van der Waals surface area contributed by atoms with Crippen LogP contribution in [0, 0.1) is 10.1 Å². The van der Waals surface area contributed by atoms with Crippen molar-refractivity contribution in [2.24, 2.45) is 0 Å². The molecule has 1 aliphatic carbocycles. The van der Waals surface area contributed by atoms with Gasteiger partial charge in [0, 0.05) is 62.2 Å². The first-order valence-corrected chi connectivity index (χ1v) is 16.6. The second kappa shape index (κ2) is 13.7. The second-order valence-electron chi connectivity index (χ2n) is 12.7. The van der Waals surface area contributed by atoms with Crippen LogP contribution in [0.3, 0.4) is 0 Å². The topological polar surface area (TPSA) is 146 Å². The monoisotopic (exact) mass is 691 g/mol. The van der Waals surface area contributed by atoms with Gasteiger partial charge >= 0.3 is 6.03 Å². The van der Waals surface area contributed by atoms with Gasteiger partial charge in [-0.05, 0) is 49.4 Å². The van der Waals surface area contributed by atoms with Gasteiger partial charge in [-0.15, -0.1) is 0 Å². The summed E-state index contributed by atoms with van der Waals surface area (Å²) in [5.74, 6) is 1.37. The van der Waals surface area contributed by atoms with Gasteiger partial charge in [-0.2, -0.15) is 0 Å². The minimum atomic E-state index is -0.402. The SMILES string of the molecule is COc1ccc(CN(C)c2cc(Cl)nc3c2ncn3C(=O)N[C@@H]2CC[C@H]2OCc2cc(N3CC4CCC(C3)O4)cc([N+](=O)[O-])c2)c(OC)c1. The summed E-state index contributed by atoms with van der Waals surface area (Å²) in [4.78, 5) is 38.0. The van der Waals surface area contributed by atoms with Crippen molar-refractivity contribution in [3.63, 3.8) is 0 Å². The van der Waals surface area contributed by atoms with E-state index < -0.39 is 6.03 Å². The normalized spacial score (nSPS) is 21.3. The second-order valence-corrected chi connectivity index (χ2v) is 13.1. The van der Waals surface area contributed by atoms with Crippen LogP contribution in [0.2, 0.25) is 5.15 Å². The lowest BCUT2D eigenvalue weighted by Gasteiger charge is -2.37. The molecule has 15 heteroatoms. The first kappa shape index (κ1) is 32.9. The average molecular weight is 692 g/mol. The summed E-state index contributed by atoms with van der Waals surface area (Å²) in [6.45, 7) is 2.09. The van der Waals surface area contributed by atoms with E-state index in [2.05, 4.69) is 20.2 Å². The van der Waals surface area contributed by atoms with Crippen LogP contribution in [0.15, 0.2) is 48.8 Å². The molecular weight excluding hydrogens is 654 g/mol. The van der Waals surface area contributed by atoms with E-state index in [1.807, 2.05) is 36.2 Å². The summed E-state index contributed by atoms with van der Waals surface area (Å²) in [5, 5.41) is 15.0. The van der Waals surface area contributed by atoms with Crippen molar-refractivity contribution < 1.29 is 28.7 Å². The third kappa shape index (κ3) is 6.80. The van der Waals surface area contributed by atoms with Crippen LogP contribution in [0.1, 0.15) is 36.8 Å². The van der Waals surface area contributed by atoms with Crippen LogP contribution in [-0.4, -0.2) is 84.2 Å². The number of nitrogens with zero attached hydrogens (tertiary/aromatic N) is 6. The van der Waals surface area contributed by atoms with Crippen LogP contribution in [0.4, 0.5) is 21.9 Å². The molecule has 0 radical (unpaired) electrons. The van der Waals surface area contributed by atoms with Crippen molar-refractivity contribution in [3.05, 3.63) is 75.2 Å². The maximum Gasteiger partial charge on any atom is 0.328 e. The van der Waals surface area contributed by atoms with Crippen molar-refractivity contribution in [1.29, 1.82) is 0 Å². The molecule has 2 unspecified atom stereocenters. The molecule has 2 aliphatic heterocycles. The van der Waals surface area contributed by atoms with Crippen LogP contribution in [0.5, 0.6) is 11.5 Å². The zero-order chi connectivity index (χ0) is 34.2. The summed E-state index contributed by atoms with van der Waals surface area (Å²) in [6, 6.07) is 11.8. The molecule has 2 saturated heterocycles. The van der Waals surface area contributed by atoms with Gasteiger partial charge in [-0.25, -0.2) is 19.3 Å². The van der Waals surface area contributed by atoms with E-state index in [1.54, 1.807) is 32.4 Å². The molecule has 2 aromatic heterocycles. The standard InChI is InChI=1S/C34H38ClN7O7/c1-39(15-21-4-5-24(46-2)13-30(21)47-3)28-14-31(35)38-33-32(28)36-19-41(33)34(43)37-27-8-9-29(27)48-18-20-10-22(12-23(11-20)42(44)45)40-16-25-6-7-26(17-40)49-25/h4-5,10-14,19,25-27,29H,6-9,15-18H2,1-3H3,(H,37,43)/t25?,26?,27-,29-/m1/s1. The van der Waals surface area contributed by atoms with E-state index >= 15 is 0 Å². The maximum atomic E-state index is 13.5. The van der Waals surface area contributed by atoms with Crippen LogP contribution in [-0.2, 0) is 22.6 Å². The molecule has 7 rings (SSSR count). The number of ether oxygens (including phenoxy) is 4. The predicted octanol–water partition coefficient (Wildman–Crippen LogP) is 5.32. The predicted molar refractivity (Wildman–Crippen MR) is 183 cm³/mol. The fourth-order valence-electron chi connectivity index (χ4n) is 6.83. The Balaban J connectivity index is 1.02. The van der Waals surface area contributed by atoms with Crippen molar-refractivity contribution in [2.75, 3.05) is 44.2 Å². The van der Waals surface area contributed by atoms with E-state index in [4.69, 9.17) is 30.5 Å². The number of nitro benzene ring substituents is 1. The van der Waals surface area contributed by atoms with Crippen molar-refractivity contribution >= 4 is 45.9 Å². The Bertz CT molecular complexity index is 1880. The molecule has 2 bridgehead atoms. The van der Waals surface area contributed by atoms with Gasteiger partial charge in [-0.3, -0.25) is 10.1 Å². The van der Waals surface area contributed by atoms with Gasteiger partial charge in [0.1, 0.15) is 28.5 Å². The first-order chi connectivity index (χ1) is 23.7. The summed E-state index contributed by atoms with van der Waals surface area (Å²) < 4.78 is 24.4. The Hall–Kier alpha value is -4.66. The maximum absolute atomic E-state index is 13.5. The van der Waals surface area contributed by atoms with Gasteiger partial charge < -0.3 is 34.1 Å². The molecule has 4 heterocycles. The van der Waals surface area contributed by atoms with Crippen LogP contribution in [0.25, 0.3) is 11.2 Å². The number of hydrogen-bond acceptors (Lipinski definition) is 11. The molecule has 14 nitrogen and oxygen atoms in total. The van der Waals surface area contributed by atoms with Crippen LogP contribution >= 0.6 is 11.6 Å². The Morgan fingerprint density at radius 2 is 1.90 bits per heavy atom. The number of carbonyl (C=O) groups is 1. The Labute approximate surface area is 288 Å². The largest absolute Gasteiger partial charge is 0.497 e. The number of fused-ring (bicyclic) bond motifs is 3. The highest BCUT2D eigenvalue weighted by Crippen LogP contribution is 2.34. The summed E-state index contributed by atoms with van der Waals surface area (Å²) >= 11 is 6.45. The number of aromatic nitrogens is 3. The quantitative estimate of drug-likeness (QED) is 0.124. The summed E-state index contributed by atoms with van der Waals surface area (Å²) in [6.07, 6.45) is 5.00. The molecule has 1 amide bonds. The number of anilines is 2. The molecule has 1 N–H and O–H groups in total. The lowest BCUT2D eigenvalue weighted by Crippen LogP contribution is -2.52. The lowest BCUT2D eigenvalue weighted by molar-refractivity contribution is -0.384. The highest BCUT2D eigenvalue weighted by molar-refractivity contribution is 6.30. The lowest BCUT2D eigenvalue weighted by atomic mass is 9.89. The number of halogens is 1. The molecule has 258 valence electrons. The summed E-state index contributed by atoms with van der Waals surface area (Å²) in [5.41, 5.74) is 4.01. The van der Waals surface area contributed by atoms with Crippen molar-refractivity contribution in [3.8, 4) is 11.5 Å². The van der Waals surface area contributed by atoms with Crippen LogP contribution < -0.4 is 24.6 Å². The van der Waals surface area contributed by atoms with E-state index in [0.29, 0.717) is 53.5 Å². The number of nitrogens with one attached hydrogen (secondary N) is 1. The van der Waals surface area contributed by atoms with E-state index in [-0.39, 0.29) is 46.7 Å². The van der Waals surface area contributed by atoms with E-state index in [0.717, 1.165) is 36.9 Å². The number of morpholine rings is 1. The highest BCUT2D eigenvalue weighted by Gasteiger charge is 2.36. The Kier molecular flexibility index (Phi) is 9.18. The van der Waals surface area contributed by atoms with Crippen molar-refractivity contribution in [2.45, 2.75) is 63.2 Å². The molecule has 0 spiro atoms. The fourth-order valence-corrected chi connectivity index (χ4v) is 7.01. The number of hydrogen-bond donors (Lipinski definition) is 1. The molecule has 4 atom stereocenters. The third-order valence-electron chi connectivity index (χ3n) is 9.55. The number of rotatable bonds is 11. The summed E-state index contributed by atoms with van der Waals surface area (Å²) in [7, 11) is 5.11. The average Bonchev–Trinajstić information content (AvgIpc) is 3.67. The van der Waals surface area contributed by atoms with Gasteiger partial charge in [0.05, 0.1) is 55.8 Å². The van der Waals surface area contributed by atoms with Gasteiger partial charge in [0.15, 0.2) is 5.65 Å². The zero-order valence-corrected chi connectivity index (χ0v) is 28.3. The van der Waals surface area contributed by atoms with Gasteiger partial charge in [0.2, 0.25) is 0 Å². The number of benzene rings is 2. The third-order valence-corrected chi connectivity index (χ3v) is 9.74. The molecule has 1 saturated carbocycles. The fraction of sp³-hybridized carbons (Fsp3) is 0.441. The molecule has 49 heavy (non-hydrogen) atoms. The number of nitro groups is 1. The number of pyridine rings is 1. The number of carbonyl (C=O) groups excluding carboxylic acids is 1. The molecule has 4 aromatic rings. The van der Waals surface area contributed by atoms with Gasteiger partial charge in [-0.1, -0.05) is 11.6 Å². The number of non-ortho nitro benzene ring substituents is 1. The van der Waals surface area contributed by atoms with E-state index in [1.165, 1.54) is 10.9 Å². The van der Waals surface area contributed by atoms with Gasteiger partial charge in [0.25, 0.3) is 5.69 Å². The molecule has 3 fully saturated rings. The number of methoxy groups -OCH3 is 2. The van der Waals surface area contributed by atoms with E-state index in [9.17, 15) is 14.9 Å². The minimum absolute atomic E-state index is 0.0275. The Morgan fingerprint density at radius 1 is 1.10 bits per heavy atom. The zero-order valence-electron chi connectivity index (χ0n) is 27.5. The minimum Gasteiger partial charge on any atom is -0.497 e. The van der Waals surface area contributed by atoms with Crippen molar-refractivity contribution in [1.82, 2.24) is 19.9 Å². The molecular formula is C34H38ClN7O7. The number of amides is 1. The molecule has 3 aliphatic rings. The first-order valence-electron chi connectivity index (χ1n) is 16.3. The Morgan fingerprint density at radius 3 is 2.59 bits per heavy atom. The smallest absolute Gasteiger partial charge is 0.328 e. The molecule has 2 aromatic carbocycles. The highest BCUT2D eigenvalue weighted by atomic mass is 35.5.